The van der Waals surface area contributed by atoms with Crippen molar-refractivity contribution < 1.29 is 14.3 Å². The molecule has 1 aromatic heterocycles. The standard InChI is InChI=1S/C19H25N5O3/c1-14-3-4-17(26-2)15(11-14)23-18-13-21-16(12-22-18)19(25)20-5-6-24-7-9-27-10-8-24/h3-4,11-13H,5-10H2,1-2H3,(H,20,25)(H,22,23). The lowest BCUT2D eigenvalue weighted by molar-refractivity contribution is 0.0383. The number of carbonyl (C=O) groups excluding carboxylic acids is 1. The molecule has 0 bridgehead atoms. The number of aromatic nitrogens is 2. The van der Waals surface area contributed by atoms with Crippen molar-refractivity contribution in [2.75, 3.05) is 51.8 Å². The van der Waals surface area contributed by atoms with Crippen molar-refractivity contribution in [3.05, 3.63) is 41.9 Å². The number of aryl methyl sites for hydroxylation is 1. The zero-order valence-electron chi connectivity index (χ0n) is 15.7. The van der Waals surface area contributed by atoms with E-state index in [-0.39, 0.29) is 5.91 Å². The molecule has 0 aliphatic carbocycles. The van der Waals surface area contributed by atoms with Gasteiger partial charge in [-0.05, 0) is 24.6 Å². The van der Waals surface area contributed by atoms with E-state index in [1.54, 1.807) is 13.3 Å². The van der Waals surface area contributed by atoms with E-state index in [1.807, 2.05) is 25.1 Å². The second kappa shape index (κ2) is 9.29. The molecule has 2 aromatic rings. The quantitative estimate of drug-likeness (QED) is 0.764. The van der Waals surface area contributed by atoms with Crippen LogP contribution in [0.4, 0.5) is 11.5 Å². The normalized spacial score (nSPS) is 14.6. The molecule has 0 radical (unpaired) electrons. The average molecular weight is 371 g/mol. The van der Waals surface area contributed by atoms with Crippen LogP contribution in [0.25, 0.3) is 0 Å². The average Bonchev–Trinajstić information content (AvgIpc) is 2.69. The predicted octanol–water partition coefficient (Wildman–Crippen LogP) is 1.60. The topological polar surface area (TPSA) is 88.6 Å². The summed E-state index contributed by atoms with van der Waals surface area (Å²) in [5.74, 6) is 1.03. The van der Waals surface area contributed by atoms with Gasteiger partial charge >= 0.3 is 0 Å². The molecule has 8 nitrogen and oxygen atoms in total. The molecule has 1 saturated heterocycles. The van der Waals surface area contributed by atoms with Crippen LogP contribution in [0.5, 0.6) is 5.75 Å². The van der Waals surface area contributed by atoms with Gasteiger partial charge in [0.1, 0.15) is 17.3 Å². The summed E-state index contributed by atoms with van der Waals surface area (Å²) in [6, 6.07) is 5.83. The maximum Gasteiger partial charge on any atom is 0.271 e. The number of carbonyl (C=O) groups is 1. The Kier molecular flexibility index (Phi) is 6.56. The van der Waals surface area contributed by atoms with Gasteiger partial charge in [0.25, 0.3) is 5.91 Å². The van der Waals surface area contributed by atoms with Gasteiger partial charge in [-0.1, -0.05) is 6.07 Å². The minimum absolute atomic E-state index is 0.226. The highest BCUT2D eigenvalue weighted by Crippen LogP contribution is 2.27. The van der Waals surface area contributed by atoms with Crippen molar-refractivity contribution in [2.45, 2.75) is 6.92 Å². The molecule has 8 heteroatoms. The van der Waals surface area contributed by atoms with Crippen LogP contribution >= 0.6 is 0 Å². The highest BCUT2D eigenvalue weighted by molar-refractivity contribution is 5.92. The third-order valence-corrected chi connectivity index (χ3v) is 4.32. The lowest BCUT2D eigenvalue weighted by Crippen LogP contribution is -2.41. The number of morpholine rings is 1. The van der Waals surface area contributed by atoms with E-state index < -0.39 is 0 Å². The molecule has 3 rings (SSSR count). The summed E-state index contributed by atoms with van der Waals surface area (Å²) in [5.41, 5.74) is 2.19. The summed E-state index contributed by atoms with van der Waals surface area (Å²) in [6.45, 7) is 6.67. The molecule has 27 heavy (non-hydrogen) atoms. The number of benzene rings is 1. The van der Waals surface area contributed by atoms with E-state index >= 15 is 0 Å². The van der Waals surface area contributed by atoms with Gasteiger partial charge in [-0.2, -0.15) is 0 Å². The Balaban J connectivity index is 1.53. The number of methoxy groups -OCH3 is 1. The molecule has 2 N–H and O–H groups in total. The van der Waals surface area contributed by atoms with Crippen LogP contribution in [0.3, 0.4) is 0 Å². The van der Waals surface area contributed by atoms with Gasteiger partial charge in [0.15, 0.2) is 0 Å². The zero-order valence-corrected chi connectivity index (χ0v) is 15.7. The Labute approximate surface area is 158 Å². The Morgan fingerprint density at radius 1 is 1.26 bits per heavy atom. The van der Waals surface area contributed by atoms with E-state index in [4.69, 9.17) is 9.47 Å². The van der Waals surface area contributed by atoms with Gasteiger partial charge in [-0.25, -0.2) is 9.97 Å². The predicted molar refractivity (Wildman–Crippen MR) is 103 cm³/mol. The fraction of sp³-hybridized carbons (Fsp3) is 0.421. The monoisotopic (exact) mass is 371 g/mol. The van der Waals surface area contributed by atoms with E-state index in [0.29, 0.717) is 23.8 Å². The summed E-state index contributed by atoms with van der Waals surface area (Å²) < 4.78 is 10.7. The van der Waals surface area contributed by atoms with Crippen LogP contribution in [0, 0.1) is 6.92 Å². The second-order valence-electron chi connectivity index (χ2n) is 6.33. The minimum atomic E-state index is -0.226. The smallest absolute Gasteiger partial charge is 0.271 e. The van der Waals surface area contributed by atoms with Crippen molar-refractivity contribution in [3.63, 3.8) is 0 Å². The van der Waals surface area contributed by atoms with Gasteiger partial charge in [-0.15, -0.1) is 0 Å². The molecular weight excluding hydrogens is 346 g/mol. The zero-order chi connectivity index (χ0) is 19.1. The van der Waals surface area contributed by atoms with Crippen molar-refractivity contribution >= 4 is 17.4 Å². The van der Waals surface area contributed by atoms with E-state index in [1.165, 1.54) is 6.20 Å². The Morgan fingerprint density at radius 2 is 2.07 bits per heavy atom. The Hall–Kier alpha value is -2.71. The fourth-order valence-corrected chi connectivity index (χ4v) is 2.81. The van der Waals surface area contributed by atoms with E-state index in [2.05, 4.69) is 25.5 Å². The van der Waals surface area contributed by atoms with Crippen LogP contribution in [-0.4, -0.2) is 67.3 Å². The van der Waals surface area contributed by atoms with Crippen molar-refractivity contribution in [2.24, 2.45) is 0 Å². The Bertz CT molecular complexity index is 760. The van der Waals surface area contributed by atoms with Gasteiger partial charge in [0.2, 0.25) is 0 Å². The maximum absolute atomic E-state index is 12.2. The van der Waals surface area contributed by atoms with Gasteiger partial charge < -0.3 is 20.1 Å². The largest absolute Gasteiger partial charge is 0.495 e. The van der Waals surface area contributed by atoms with Crippen molar-refractivity contribution in [1.29, 1.82) is 0 Å². The van der Waals surface area contributed by atoms with E-state index in [9.17, 15) is 4.79 Å². The third kappa shape index (κ3) is 5.38. The summed E-state index contributed by atoms with van der Waals surface area (Å²) in [7, 11) is 1.62. The first-order chi connectivity index (χ1) is 13.2. The van der Waals surface area contributed by atoms with Crippen LogP contribution in [0.1, 0.15) is 16.1 Å². The molecule has 1 aliphatic heterocycles. The van der Waals surface area contributed by atoms with Gasteiger partial charge in [0, 0.05) is 26.2 Å². The number of anilines is 2. The minimum Gasteiger partial charge on any atom is -0.495 e. The summed E-state index contributed by atoms with van der Waals surface area (Å²) >= 11 is 0. The van der Waals surface area contributed by atoms with Crippen molar-refractivity contribution in [3.8, 4) is 5.75 Å². The summed E-state index contributed by atoms with van der Waals surface area (Å²) in [6.07, 6.45) is 3.01. The number of nitrogens with zero attached hydrogens (tertiary/aromatic N) is 3. The number of rotatable bonds is 7. The molecule has 1 aliphatic rings. The molecule has 1 amide bonds. The molecular formula is C19H25N5O3. The number of nitrogens with one attached hydrogen (secondary N) is 2. The third-order valence-electron chi connectivity index (χ3n) is 4.32. The fourth-order valence-electron chi connectivity index (χ4n) is 2.81. The SMILES string of the molecule is COc1ccc(C)cc1Nc1cnc(C(=O)NCCN2CCOCC2)cn1. The first-order valence-electron chi connectivity index (χ1n) is 8.98. The van der Waals surface area contributed by atoms with E-state index in [0.717, 1.165) is 44.1 Å². The molecule has 0 spiro atoms. The highest BCUT2D eigenvalue weighted by Gasteiger charge is 2.12. The summed E-state index contributed by atoms with van der Waals surface area (Å²) in [4.78, 5) is 23.0. The number of hydrogen-bond acceptors (Lipinski definition) is 7. The Morgan fingerprint density at radius 3 is 2.78 bits per heavy atom. The molecule has 2 heterocycles. The first kappa shape index (κ1) is 19.1. The second-order valence-corrected chi connectivity index (χ2v) is 6.33. The molecule has 144 valence electrons. The van der Waals surface area contributed by atoms with Crippen LogP contribution in [-0.2, 0) is 4.74 Å². The van der Waals surface area contributed by atoms with Crippen LogP contribution in [0.2, 0.25) is 0 Å². The molecule has 1 fully saturated rings. The molecule has 0 unspecified atom stereocenters. The lowest BCUT2D eigenvalue weighted by Gasteiger charge is -2.26. The number of amides is 1. The number of ether oxygens (including phenoxy) is 2. The van der Waals surface area contributed by atoms with Gasteiger partial charge in [0.05, 0.1) is 38.4 Å². The summed E-state index contributed by atoms with van der Waals surface area (Å²) in [5, 5.41) is 6.04. The molecule has 1 aromatic carbocycles. The highest BCUT2D eigenvalue weighted by atomic mass is 16.5. The van der Waals surface area contributed by atoms with Crippen LogP contribution < -0.4 is 15.4 Å². The number of hydrogen-bond donors (Lipinski definition) is 2. The van der Waals surface area contributed by atoms with Gasteiger partial charge in [-0.3, -0.25) is 9.69 Å². The molecule has 0 atom stereocenters. The molecule has 0 saturated carbocycles. The lowest BCUT2D eigenvalue weighted by atomic mass is 10.2. The van der Waals surface area contributed by atoms with Crippen LogP contribution in [0.15, 0.2) is 30.6 Å². The van der Waals surface area contributed by atoms with Crippen molar-refractivity contribution in [1.82, 2.24) is 20.2 Å². The maximum atomic E-state index is 12.2. The first-order valence-corrected chi connectivity index (χ1v) is 8.98.